The van der Waals surface area contributed by atoms with Crippen molar-refractivity contribution < 1.29 is 9.63 Å². The molecule has 0 aromatic heterocycles. The van der Waals surface area contributed by atoms with E-state index in [0.717, 1.165) is 11.5 Å². The summed E-state index contributed by atoms with van der Waals surface area (Å²) in [4.78, 5) is 16.1. The summed E-state index contributed by atoms with van der Waals surface area (Å²) >= 11 is 0. The number of hydroxylamine groups is 2. The average Bonchev–Trinajstić information content (AvgIpc) is 2.12. The number of hydrogen-bond acceptors (Lipinski definition) is 3. The zero-order valence-corrected chi connectivity index (χ0v) is 8.20. The highest BCUT2D eigenvalue weighted by molar-refractivity contribution is 5.80. The lowest BCUT2D eigenvalue weighted by Gasteiger charge is -2.22. The summed E-state index contributed by atoms with van der Waals surface area (Å²) in [6.45, 7) is 3.96. The number of amides is 1. The molecule has 0 bridgehead atoms. The molecule has 12 heavy (non-hydrogen) atoms. The van der Waals surface area contributed by atoms with E-state index in [4.69, 9.17) is 10.6 Å². The molecule has 0 heterocycles. The molecule has 0 aliphatic carbocycles. The van der Waals surface area contributed by atoms with Gasteiger partial charge in [0, 0.05) is 7.05 Å². The average molecular weight is 174 g/mol. The quantitative estimate of drug-likeness (QED) is 0.627. The molecule has 0 saturated heterocycles. The number of nitrogens with zero attached hydrogens (tertiary/aromatic N) is 1. The maximum absolute atomic E-state index is 11.4. The lowest BCUT2D eigenvalue weighted by atomic mass is 9.99. The van der Waals surface area contributed by atoms with Crippen LogP contribution in [0.1, 0.15) is 20.3 Å². The van der Waals surface area contributed by atoms with Crippen LogP contribution in [0.3, 0.4) is 0 Å². The Labute approximate surface area is 73.6 Å². The molecule has 0 saturated carbocycles. The van der Waals surface area contributed by atoms with Gasteiger partial charge in [0.25, 0.3) is 5.91 Å². The zero-order chi connectivity index (χ0) is 9.72. The maximum Gasteiger partial charge on any atom is 0.263 e. The van der Waals surface area contributed by atoms with Crippen molar-refractivity contribution in [2.45, 2.75) is 26.3 Å². The Hall–Kier alpha value is -0.610. The van der Waals surface area contributed by atoms with Gasteiger partial charge >= 0.3 is 0 Å². The van der Waals surface area contributed by atoms with Gasteiger partial charge in [-0.3, -0.25) is 9.63 Å². The lowest BCUT2D eigenvalue weighted by Crippen LogP contribution is -2.44. The standard InChI is InChI=1S/C8H18N2O2/c1-5-6(2)7(9)8(11)10(3)12-4/h6-7H,5,9H2,1-4H3/t6-,7-/m0/s1. The van der Waals surface area contributed by atoms with Crippen molar-refractivity contribution in [3.8, 4) is 0 Å². The zero-order valence-electron chi connectivity index (χ0n) is 8.20. The van der Waals surface area contributed by atoms with Crippen LogP contribution in [0.5, 0.6) is 0 Å². The van der Waals surface area contributed by atoms with E-state index < -0.39 is 6.04 Å². The second-order valence-corrected chi connectivity index (χ2v) is 2.93. The summed E-state index contributed by atoms with van der Waals surface area (Å²) in [5, 5.41) is 1.16. The molecule has 2 N–H and O–H groups in total. The maximum atomic E-state index is 11.4. The second kappa shape index (κ2) is 5.11. The second-order valence-electron chi connectivity index (χ2n) is 2.93. The van der Waals surface area contributed by atoms with Crippen LogP contribution in [-0.2, 0) is 9.63 Å². The summed E-state index contributed by atoms with van der Waals surface area (Å²) in [5.74, 6) is 0.0157. The van der Waals surface area contributed by atoms with E-state index in [-0.39, 0.29) is 11.8 Å². The summed E-state index contributed by atoms with van der Waals surface area (Å²) in [7, 11) is 3.01. The van der Waals surface area contributed by atoms with E-state index in [1.165, 1.54) is 7.11 Å². The molecule has 1 amide bonds. The number of nitrogens with two attached hydrogens (primary N) is 1. The first-order chi connectivity index (χ1) is 5.54. The first-order valence-electron chi connectivity index (χ1n) is 4.11. The van der Waals surface area contributed by atoms with Gasteiger partial charge in [-0.25, -0.2) is 5.06 Å². The van der Waals surface area contributed by atoms with Crippen molar-refractivity contribution in [2.75, 3.05) is 14.2 Å². The number of carbonyl (C=O) groups is 1. The molecule has 0 spiro atoms. The van der Waals surface area contributed by atoms with Gasteiger partial charge < -0.3 is 5.73 Å². The minimum atomic E-state index is -0.458. The van der Waals surface area contributed by atoms with Gasteiger partial charge in [-0.15, -0.1) is 0 Å². The molecule has 0 aromatic rings. The van der Waals surface area contributed by atoms with Crippen molar-refractivity contribution in [1.29, 1.82) is 0 Å². The molecular weight excluding hydrogens is 156 g/mol. The number of hydrogen-bond donors (Lipinski definition) is 1. The van der Waals surface area contributed by atoms with Crippen molar-refractivity contribution in [3.63, 3.8) is 0 Å². The first-order valence-corrected chi connectivity index (χ1v) is 4.11. The minimum absolute atomic E-state index is 0.174. The van der Waals surface area contributed by atoms with Crippen molar-refractivity contribution >= 4 is 5.91 Å². The van der Waals surface area contributed by atoms with Crippen LogP contribution < -0.4 is 5.73 Å². The highest BCUT2D eigenvalue weighted by atomic mass is 16.7. The highest BCUT2D eigenvalue weighted by Crippen LogP contribution is 2.07. The van der Waals surface area contributed by atoms with Gasteiger partial charge in [-0.2, -0.15) is 0 Å². The van der Waals surface area contributed by atoms with Crippen molar-refractivity contribution in [3.05, 3.63) is 0 Å². The molecule has 4 nitrogen and oxygen atoms in total. The van der Waals surface area contributed by atoms with Gasteiger partial charge in [-0.1, -0.05) is 20.3 Å². The summed E-state index contributed by atoms with van der Waals surface area (Å²) in [5.41, 5.74) is 5.68. The fraction of sp³-hybridized carbons (Fsp3) is 0.875. The van der Waals surface area contributed by atoms with Crippen LogP contribution in [0.15, 0.2) is 0 Å². The van der Waals surface area contributed by atoms with Crippen LogP contribution in [0.2, 0.25) is 0 Å². The normalized spacial score (nSPS) is 15.4. The Bertz CT molecular complexity index is 150. The molecule has 0 aliphatic heterocycles. The first kappa shape index (κ1) is 11.4. The fourth-order valence-electron chi connectivity index (χ4n) is 0.797. The van der Waals surface area contributed by atoms with Crippen LogP contribution >= 0.6 is 0 Å². The molecule has 72 valence electrons. The smallest absolute Gasteiger partial charge is 0.263 e. The highest BCUT2D eigenvalue weighted by Gasteiger charge is 2.22. The van der Waals surface area contributed by atoms with E-state index >= 15 is 0 Å². The monoisotopic (exact) mass is 174 g/mol. The SMILES string of the molecule is CC[C@H](C)[C@H](N)C(=O)N(C)OC. The third kappa shape index (κ3) is 2.79. The molecule has 0 aliphatic rings. The summed E-state index contributed by atoms with van der Waals surface area (Å²) in [6.07, 6.45) is 0.893. The van der Waals surface area contributed by atoms with E-state index in [0.29, 0.717) is 0 Å². The predicted octanol–water partition coefficient (Wildman–Crippen LogP) is 0.380. The molecule has 0 unspecified atom stereocenters. The van der Waals surface area contributed by atoms with Gasteiger partial charge in [0.1, 0.15) is 0 Å². The lowest BCUT2D eigenvalue weighted by molar-refractivity contribution is -0.171. The Balaban J connectivity index is 4.09. The van der Waals surface area contributed by atoms with Crippen LogP contribution in [0.4, 0.5) is 0 Å². The number of carbonyl (C=O) groups excluding carboxylic acids is 1. The fourth-order valence-corrected chi connectivity index (χ4v) is 0.797. The number of rotatable bonds is 4. The minimum Gasteiger partial charge on any atom is -0.320 e. The third-order valence-corrected chi connectivity index (χ3v) is 2.13. The van der Waals surface area contributed by atoms with E-state index in [9.17, 15) is 4.79 Å². The molecule has 0 aromatic carbocycles. The topological polar surface area (TPSA) is 55.6 Å². The van der Waals surface area contributed by atoms with Crippen LogP contribution in [0.25, 0.3) is 0 Å². The van der Waals surface area contributed by atoms with Crippen molar-refractivity contribution in [1.82, 2.24) is 5.06 Å². The molecular formula is C8H18N2O2. The Morgan fingerprint density at radius 3 is 2.50 bits per heavy atom. The van der Waals surface area contributed by atoms with E-state index in [1.807, 2.05) is 13.8 Å². The van der Waals surface area contributed by atoms with Crippen molar-refractivity contribution in [2.24, 2.45) is 11.7 Å². The van der Waals surface area contributed by atoms with Gasteiger partial charge in [0.15, 0.2) is 0 Å². The molecule has 4 heteroatoms. The Morgan fingerprint density at radius 1 is 1.67 bits per heavy atom. The Morgan fingerprint density at radius 2 is 2.17 bits per heavy atom. The number of likely N-dealkylation sites (N-methyl/N-ethyl adjacent to an activating group) is 1. The Kier molecular flexibility index (Phi) is 4.85. The molecule has 0 rings (SSSR count). The van der Waals surface area contributed by atoms with Gasteiger partial charge in [-0.05, 0) is 5.92 Å². The van der Waals surface area contributed by atoms with Gasteiger partial charge in [0.2, 0.25) is 0 Å². The third-order valence-electron chi connectivity index (χ3n) is 2.13. The molecule has 0 radical (unpaired) electrons. The van der Waals surface area contributed by atoms with E-state index in [2.05, 4.69) is 0 Å². The van der Waals surface area contributed by atoms with Crippen LogP contribution in [-0.4, -0.2) is 31.2 Å². The molecule has 0 fully saturated rings. The van der Waals surface area contributed by atoms with E-state index in [1.54, 1.807) is 7.05 Å². The van der Waals surface area contributed by atoms with Gasteiger partial charge in [0.05, 0.1) is 13.2 Å². The predicted molar refractivity (Wildman–Crippen MR) is 47.2 cm³/mol. The summed E-state index contributed by atoms with van der Waals surface area (Å²) in [6, 6.07) is -0.458. The van der Waals surface area contributed by atoms with Crippen LogP contribution in [0, 0.1) is 5.92 Å². The summed E-state index contributed by atoms with van der Waals surface area (Å²) < 4.78 is 0. The molecule has 2 atom stereocenters. The largest absolute Gasteiger partial charge is 0.320 e.